The molecule has 0 heterocycles. The second-order valence-corrected chi connectivity index (χ2v) is 2.58. The molecule has 0 aliphatic carbocycles. The molecule has 0 aromatic heterocycles. The van der Waals surface area contributed by atoms with Crippen molar-refractivity contribution in [3.05, 3.63) is 52.6 Å². The first-order valence-electron chi connectivity index (χ1n) is 2.16. The summed E-state index contributed by atoms with van der Waals surface area (Å²) in [6.45, 7) is 0. The van der Waals surface area contributed by atoms with E-state index >= 15 is 0 Å². The first-order valence-corrected chi connectivity index (χ1v) is 3.21. The first kappa shape index (κ1) is 36.5. The van der Waals surface area contributed by atoms with E-state index in [1.54, 1.807) is 0 Å². The van der Waals surface area contributed by atoms with Gasteiger partial charge < -0.3 is 22.3 Å². The Bertz CT molecular complexity index is 145. The third-order valence-electron chi connectivity index (χ3n) is 0.774. The molecule has 0 unspecified atom stereocenters. The second-order valence-electron chi connectivity index (χ2n) is 1.37. The van der Waals surface area contributed by atoms with Gasteiger partial charge in [0.1, 0.15) is 0 Å². The molecule has 1 rings (SSSR count). The summed E-state index contributed by atoms with van der Waals surface area (Å²) in [6, 6.07) is 10.3. The molecule has 0 amide bonds. The summed E-state index contributed by atoms with van der Waals surface area (Å²) in [6.07, 6.45) is 0. The van der Waals surface area contributed by atoms with Crippen LogP contribution in [0.5, 0.6) is 0 Å². The molecule has 57 valence electrons. The van der Waals surface area contributed by atoms with Gasteiger partial charge in [0.2, 0.25) is 0 Å². The van der Waals surface area contributed by atoms with Gasteiger partial charge in [0.25, 0.3) is 0 Å². The van der Waals surface area contributed by atoms with E-state index in [4.69, 9.17) is 0 Å². The topological polar surface area (TPSA) is 0 Å². The van der Waals surface area contributed by atoms with Crippen molar-refractivity contribution in [1.82, 2.24) is 0 Å². The van der Waals surface area contributed by atoms with Crippen LogP contribution in [0.15, 0.2) is 30.3 Å². The summed E-state index contributed by atoms with van der Waals surface area (Å²) >= 11 is 2.08. The zero-order chi connectivity index (χ0) is 5.11. The van der Waals surface area contributed by atoms with Crippen molar-refractivity contribution in [2.45, 2.75) is 0 Å². The zero-order valence-electron chi connectivity index (χ0n) is 9.89. The smallest absolute Gasteiger partial charge is 1.00 e. The first-order chi connectivity index (χ1) is 3.39. The van der Waals surface area contributed by atoms with E-state index in [2.05, 4.69) is 28.6 Å². The van der Waals surface area contributed by atoms with Gasteiger partial charge in [0.15, 0.2) is 0 Å². The van der Waals surface area contributed by atoms with Gasteiger partial charge in [-0.15, -0.1) is 0 Å². The third-order valence-corrected chi connectivity index (χ3v) is 1.47. The van der Waals surface area contributed by atoms with Gasteiger partial charge in [0.05, 0.1) is 0 Å². The largest absolute Gasteiger partial charge is 1.00 e. The molecule has 0 atom stereocenters. The molecular formula is C9H14GeLi3. The molecule has 0 aliphatic heterocycles. The molecule has 1 aromatic rings. The molecule has 0 spiro atoms. The average Bonchev–Trinajstić information content (AvgIpc) is 1.69. The van der Waals surface area contributed by atoms with Crippen LogP contribution in [-0.4, -0.2) is 16.5 Å². The van der Waals surface area contributed by atoms with Crippen molar-refractivity contribution in [3.8, 4) is 0 Å². The van der Waals surface area contributed by atoms with Crippen LogP contribution in [0.2, 0.25) is 0 Å². The Hall–Kier alpha value is 1.56. The van der Waals surface area contributed by atoms with Gasteiger partial charge in [-0.25, -0.2) is 0 Å². The van der Waals surface area contributed by atoms with Crippen LogP contribution in [-0.2, 0) is 0 Å². The van der Waals surface area contributed by atoms with E-state index in [0.717, 1.165) is 0 Å². The summed E-state index contributed by atoms with van der Waals surface area (Å²) in [5.41, 5.74) is 0. The van der Waals surface area contributed by atoms with E-state index in [0.29, 0.717) is 0 Å². The van der Waals surface area contributed by atoms with Crippen molar-refractivity contribution in [1.29, 1.82) is 0 Å². The van der Waals surface area contributed by atoms with E-state index in [1.165, 1.54) is 4.40 Å². The fourth-order valence-corrected chi connectivity index (χ4v) is 0.842. The van der Waals surface area contributed by atoms with Crippen LogP contribution in [0, 0.1) is 22.3 Å². The fraction of sp³-hybridized carbons (Fsp3) is 0. The Balaban J connectivity index is -0.0000000204. The maximum absolute atomic E-state index is 2.08. The standard InChI is InChI=1S/C6H5Ge.3CH3.3Li/c7-6-4-2-1-3-5-6;;;;;;/h1-5H;3*1H3;;;/q;3*-1;3*+1. The van der Waals surface area contributed by atoms with E-state index in [-0.39, 0.29) is 78.9 Å². The van der Waals surface area contributed by atoms with Gasteiger partial charge in [-0.3, -0.25) is 0 Å². The van der Waals surface area contributed by atoms with Crippen LogP contribution < -0.4 is 61.0 Å². The minimum Gasteiger partial charge on any atom is 1.00 e. The van der Waals surface area contributed by atoms with Crippen molar-refractivity contribution < 1.29 is 56.6 Å². The molecule has 13 heavy (non-hydrogen) atoms. The summed E-state index contributed by atoms with van der Waals surface area (Å²) in [4.78, 5) is 0. The molecule has 0 fully saturated rings. The Morgan fingerprint density at radius 3 is 1.15 bits per heavy atom. The summed E-state index contributed by atoms with van der Waals surface area (Å²) < 4.78 is 1.32. The van der Waals surface area contributed by atoms with Gasteiger partial charge in [-0.1, -0.05) is 0 Å². The molecule has 0 saturated carbocycles. The second kappa shape index (κ2) is 23.4. The minimum atomic E-state index is 0. The summed E-state index contributed by atoms with van der Waals surface area (Å²) in [5.74, 6) is 0. The van der Waals surface area contributed by atoms with Crippen molar-refractivity contribution in [2.24, 2.45) is 0 Å². The van der Waals surface area contributed by atoms with Gasteiger partial charge in [-0.2, -0.15) is 0 Å². The third kappa shape index (κ3) is 19.8. The normalized spacial score (nSPS) is 4.69. The van der Waals surface area contributed by atoms with Crippen LogP contribution in [0.1, 0.15) is 0 Å². The molecule has 0 nitrogen and oxygen atoms in total. The Labute approximate surface area is 129 Å². The van der Waals surface area contributed by atoms with Crippen molar-refractivity contribution in [2.75, 3.05) is 0 Å². The van der Waals surface area contributed by atoms with Crippen LogP contribution in [0.4, 0.5) is 0 Å². The van der Waals surface area contributed by atoms with Crippen LogP contribution in [0.25, 0.3) is 0 Å². The predicted octanol–water partition coefficient (Wildman–Crippen LogP) is -7.16. The summed E-state index contributed by atoms with van der Waals surface area (Å²) in [7, 11) is 0. The van der Waals surface area contributed by atoms with Gasteiger partial charge >= 0.3 is 108 Å². The monoisotopic (exact) mass is 217 g/mol. The number of hydrogen-bond acceptors (Lipinski definition) is 0. The molecule has 1 aromatic carbocycles. The molecule has 0 N–H and O–H groups in total. The zero-order valence-corrected chi connectivity index (χ0v) is 12.0. The molecule has 3 radical (unpaired) electrons. The van der Waals surface area contributed by atoms with Gasteiger partial charge in [0, 0.05) is 0 Å². The quantitative estimate of drug-likeness (QED) is 0.298. The Morgan fingerprint density at radius 2 is 1.00 bits per heavy atom. The number of rotatable bonds is 0. The molecule has 0 saturated heterocycles. The van der Waals surface area contributed by atoms with Crippen molar-refractivity contribution in [3.63, 3.8) is 0 Å². The summed E-state index contributed by atoms with van der Waals surface area (Å²) in [5, 5.41) is 0. The van der Waals surface area contributed by atoms with Crippen molar-refractivity contribution >= 4 is 20.9 Å². The molecule has 4 heteroatoms. The molecule has 0 bridgehead atoms. The maximum Gasteiger partial charge on any atom is 1.00 e. The van der Waals surface area contributed by atoms with E-state index in [9.17, 15) is 0 Å². The maximum atomic E-state index is 2.08. The van der Waals surface area contributed by atoms with Gasteiger partial charge in [-0.05, 0) is 0 Å². The van der Waals surface area contributed by atoms with Crippen LogP contribution in [0.3, 0.4) is 0 Å². The predicted molar refractivity (Wildman–Crippen MR) is 51.1 cm³/mol. The molecule has 0 aliphatic rings. The Kier molecular flexibility index (Phi) is 65.8. The average molecular weight is 216 g/mol. The number of benzene rings is 1. The SMILES string of the molecule is [CH3-].[CH3-].[CH3-].[Ge][c]1ccccc1.[Li+].[Li+].[Li+]. The van der Waals surface area contributed by atoms with Crippen LogP contribution >= 0.6 is 0 Å². The van der Waals surface area contributed by atoms with E-state index in [1.807, 2.05) is 18.2 Å². The van der Waals surface area contributed by atoms with E-state index < -0.39 is 0 Å². The fourth-order valence-electron chi connectivity index (χ4n) is 0.438. The Morgan fingerprint density at radius 1 is 0.692 bits per heavy atom. The minimum absolute atomic E-state index is 0. The number of hydrogen-bond donors (Lipinski definition) is 0. The molecular weight excluding hydrogens is 202 g/mol.